The van der Waals surface area contributed by atoms with Crippen LogP contribution in [0.25, 0.3) is 11.5 Å². The van der Waals surface area contributed by atoms with Crippen molar-refractivity contribution in [2.24, 2.45) is 0 Å². The van der Waals surface area contributed by atoms with Crippen molar-refractivity contribution in [2.45, 2.75) is 13.3 Å². The Balaban J connectivity index is 1.35. The molecule has 0 saturated carbocycles. The van der Waals surface area contributed by atoms with Crippen LogP contribution in [0.3, 0.4) is 0 Å². The molecule has 0 atom stereocenters. The Labute approximate surface area is 166 Å². The summed E-state index contributed by atoms with van der Waals surface area (Å²) in [4.78, 5) is 16.5. The van der Waals surface area contributed by atoms with E-state index in [-0.39, 0.29) is 5.91 Å². The van der Waals surface area contributed by atoms with Gasteiger partial charge in [0.2, 0.25) is 0 Å². The second-order valence-electron chi connectivity index (χ2n) is 6.33. The Morgan fingerprint density at radius 2 is 1.96 bits per heavy atom. The third-order valence-electron chi connectivity index (χ3n) is 4.28. The summed E-state index contributed by atoms with van der Waals surface area (Å²) in [6, 6.07) is 10.7. The van der Waals surface area contributed by atoms with Gasteiger partial charge in [-0.3, -0.25) is 4.79 Å². The van der Waals surface area contributed by atoms with Gasteiger partial charge in [0.05, 0.1) is 5.02 Å². The molecule has 0 aliphatic carbocycles. The highest BCUT2D eigenvalue weighted by Gasteiger charge is 2.16. The van der Waals surface area contributed by atoms with Gasteiger partial charge in [0.1, 0.15) is 13.2 Å². The molecule has 0 radical (unpaired) electrons. The fourth-order valence-electron chi connectivity index (χ4n) is 2.91. The van der Waals surface area contributed by atoms with Crippen molar-refractivity contribution in [1.82, 2.24) is 15.5 Å². The Bertz CT molecular complexity index is 1000. The van der Waals surface area contributed by atoms with E-state index in [1.165, 1.54) is 0 Å². The van der Waals surface area contributed by atoms with Gasteiger partial charge in [0, 0.05) is 17.7 Å². The monoisotopic (exact) mass is 399 g/mol. The van der Waals surface area contributed by atoms with E-state index in [2.05, 4.69) is 15.5 Å². The van der Waals surface area contributed by atoms with Gasteiger partial charge in [-0.1, -0.05) is 16.8 Å². The molecular weight excluding hydrogens is 382 g/mol. The SMILES string of the molecule is Cc1noc(-c2ccc(C(=O)NCCc3cc(Cl)c4c(c3)OCCO4)cc2)n1. The van der Waals surface area contributed by atoms with Crippen molar-refractivity contribution < 1.29 is 18.8 Å². The normalized spacial score (nSPS) is 12.6. The Morgan fingerprint density at radius 1 is 1.18 bits per heavy atom. The minimum Gasteiger partial charge on any atom is -0.486 e. The predicted octanol–water partition coefficient (Wildman–Crippen LogP) is 3.44. The number of ether oxygens (including phenoxy) is 2. The van der Waals surface area contributed by atoms with Crippen LogP contribution in [0.15, 0.2) is 40.9 Å². The van der Waals surface area contributed by atoms with Crippen LogP contribution in [0.4, 0.5) is 0 Å². The first-order chi connectivity index (χ1) is 13.6. The van der Waals surface area contributed by atoms with E-state index in [9.17, 15) is 4.79 Å². The molecule has 0 saturated heterocycles. The van der Waals surface area contributed by atoms with Gasteiger partial charge in [-0.05, 0) is 55.3 Å². The molecule has 0 fully saturated rings. The van der Waals surface area contributed by atoms with Crippen LogP contribution in [0.2, 0.25) is 5.02 Å². The quantitative estimate of drug-likeness (QED) is 0.707. The van der Waals surface area contributed by atoms with Gasteiger partial charge >= 0.3 is 0 Å². The predicted molar refractivity (Wildman–Crippen MR) is 103 cm³/mol. The summed E-state index contributed by atoms with van der Waals surface area (Å²) in [6.45, 7) is 3.22. The molecule has 2 heterocycles. The highest BCUT2D eigenvalue weighted by molar-refractivity contribution is 6.32. The van der Waals surface area contributed by atoms with Gasteiger partial charge in [0.15, 0.2) is 17.3 Å². The van der Waals surface area contributed by atoms with Gasteiger partial charge < -0.3 is 19.3 Å². The molecule has 4 rings (SSSR count). The fourth-order valence-corrected chi connectivity index (χ4v) is 3.20. The summed E-state index contributed by atoms with van der Waals surface area (Å²) in [5.74, 6) is 2.07. The number of fused-ring (bicyclic) bond motifs is 1. The molecule has 0 bridgehead atoms. The second kappa shape index (κ2) is 7.90. The molecule has 3 aromatic rings. The Kier molecular flexibility index (Phi) is 5.16. The number of nitrogens with one attached hydrogen (secondary N) is 1. The maximum atomic E-state index is 12.4. The van der Waals surface area contributed by atoms with Gasteiger partial charge in [0.25, 0.3) is 11.8 Å². The average Bonchev–Trinajstić information content (AvgIpc) is 3.14. The average molecular weight is 400 g/mol. The number of carbonyl (C=O) groups is 1. The number of amides is 1. The van der Waals surface area contributed by atoms with E-state index in [0.717, 1.165) is 11.1 Å². The van der Waals surface area contributed by atoms with Crippen LogP contribution in [0.5, 0.6) is 11.5 Å². The molecule has 0 unspecified atom stereocenters. The zero-order valence-electron chi connectivity index (χ0n) is 15.2. The lowest BCUT2D eigenvalue weighted by Gasteiger charge is -2.20. The van der Waals surface area contributed by atoms with Crippen molar-refractivity contribution in [2.75, 3.05) is 19.8 Å². The summed E-state index contributed by atoms with van der Waals surface area (Å²) in [7, 11) is 0. The van der Waals surface area contributed by atoms with Crippen molar-refractivity contribution >= 4 is 17.5 Å². The zero-order valence-corrected chi connectivity index (χ0v) is 16.0. The lowest BCUT2D eigenvalue weighted by Crippen LogP contribution is -2.25. The highest BCUT2D eigenvalue weighted by Crippen LogP contribution is 2.38. The van der Waals surface area contributed by atoms with E-state index >= 15 is 0 Å². The Hall–Kier alpha value is -3.06. The standard InChI is InChI=1S/C20H18ClN3O4/c1-12-23-20(28-24-12)15-4-2-14(3-5-15)19(25)22-7-6-13-10-16(21)18-17(11-13)26-8-9-27-18/h2-5,10-11H,6-9H2,1H3,(H,22,25). The number of rotatable bonds is 5. The van der Waals surface area contributed by atoms with Crippen LogP contribution >= 0.6 is 11.6 Å². The van der Waals surface area contributed by atoms with Gasteiger partial charge in [-0.2, -0.15) is 4.98 Å². The number of hydrogen-bond acceptors (Lipinski definition) is 6. The first kappa shape index (κ1) is 18.3. The summed E-state index contributed by atoms with van der Waals surface area (Å²) < 4.78 is 16.2. The molecule has 1 aromatic heterocycles. The van der Waals surface area contributed by atoms with Crippen LogP contribution in [0, 0.1) is 6.92 Å². The van der Waals surface area contributed by atoms with Crippen LogP contribution in [-0.2, 0) is 6.42 Å². The number of halogens is 1. The van der Waals surface area contributed by atoms with E-state index in [4.69, 9.17) is 25.6 Å². The largest absolute Gasteiger partial charge is 0.486 e. The summed E-state index contributed by atoms with van der Waals surface area (Å²) in [6.07, 6.45) is 0.626. The molecule has 1 amide bonds. The molecule has 1 aliphatic rings. The number of hydrogen-bond donors (Lipinski definition) is 1. The lowest BCUT2D eigenvalue weighted by atomic mass is 10.1. The highest BCUT2D eigenvalue weighted by atomic mass is 35.5. The molecule has 1 aliphatic heterocycles. The van der Waals surface area contributed by atoms with E-state index in [1.807, 2.05) is 12.1 Å². The molecule has 28 heavy (non-hydrogen) atoms. The van der Waals surface area contributed by atoms with Gasteiger partial charge in [-0.15, -0.1) is 0 Å². The molecular formula is C20H18ClN3O4. The fraction of sp³-hybridized carbons (Fsp3) is 0.250. The topological polar surface area (TPSA) is 86.5 Å². The first-order valence-corrected chi connectivity index (χ1v) is 9.25. The molecule has 0 spiro atoms. The van der Waals surface area contributed by atoms with E-state index in [1.54, 1.807) is 31.2 Å². The summed E-state index contributed by atoms with van der Waals surface area (Å²) in [5.41, 5.74) is 2.29. The van der Waals surface area contributed by atoms with Crippen LogP contribution in [-0.4, -0.2) is 35.8 Å². The second-order valence-corrected chi connectivity index (χ2v) is 6.74. The van der Waals surface area contributed by atoms with E-state index < -0.39 is 0 Å². The zero-order chi connectivity index (χ0) is 19.5. The number of nitrogens with zero attached hydrogens (tertiary/aromatic N) is 2. The Morgan fingerprint density at radius 3 is 2.71 bits per heavy atom. The number of benzene rings is 2. The maximum Gasteiger partial charge on any atom is 0.257 e. The first-order valence-electron chi connectivity index (χ1n) is 8.87. The molecule has 8 heteroatoms. The van der Waals surface area contributed by atoms with Crippen LogP contribution in [0.1, 0.15) is 21.7 Å². The van der Waals surface area contributed by atoms with Crippen molar-refractivity contribution in [3.05, 3.63) is 58.4 Å². The maximum absolute atomic E-state index is 12.4. The number of carbonyl (C=O) groups excluding carboxylic acids is 1. The molecule has 1 N–H and O–H groups in total. The lowest BCUT2D eigenvalue weighted by molar-refractivity contribution is 0.0954. The summed E-state index contributed by atoms with van der Waals surface area (Å²) >= 11 is 6.24. The van der Waals surface area contributed by atoms with Crippen molar-refractivity contribution in [1.29, 1.82) is 0 Å². The van der Waals surface area contributed by atoms with Crippen LogP contribution < -0.4 is 14.8 Å². The third kappa shape index (κ3) is 3.94. The molecule has 2 aromatic carbocycles. The minimum atomic E-state index is -0.156. The summed E-state index contributed by atoms with van der Waals surface area (Å²) in [5, 5.41) is 7.18. The van der Waals surface area contributed by atoms with Gasteiger partial charge in [-0.25, -0.2) is 0 Å². The number of aromatic nitrogens is 2. The minimum absolute atomic E-state index is 0.156. The number of aryl methyl sites for hydroxylation is 1. The molecule has 144 valence electrons. The van der Waals surface area contributed by atoms with E-state index in [0.29, 0.717) is 60.0 Å². The molecule has 7 nitrogen and oxygen atoms in total. The van der Waals surface area contributed by atoms with Crippen molar-refractivity contribution in [3.63, 3.8) is 0 Å². The van der Waals surface area contributed by atoms with Crippen molar-refractivity contribution in [3.8, 4) is 23.0 Å². The third-order valence-corrected chi connectivity index (χ3v) is 4.56. The smallest absolute Gasteiger partial charge is 0.257 e.